The number of rotatable bonds is 5. The van der Waals surface area contributed by atoms with Crippen molar-refractivity contribution in [1.82, 2.24) is 15.2 Å². The number of carbonyl (C=O) groups is 2. The number of nitrogens with one attached hydrogen (secondary N) is 2. The monoisotopic (exact) mass is 666 g/mol. The molecule has 2 aromatic carbocycles. The quantitative estimate of drug-likeness (QED) is 0.304. The molecule has 0 radical (unpaired) electrons. The fraction of sp³-hybridized carbons (Fsp3) is 0.433. The smallest absolute Gasteiger partial charge is 0.379 e. The van der Waals surface area contributed by atoms with Crippen LogP contribution in [0.4, 0.5) is 18.9 Å². The third-order valence-corrected chi connectivity index (χ3v) is 8.42. The molecule has 1 saturated heterocycles. The SMILES string of the molecule is C[C@@H]1CN(C(=O)c2cc(Br)cc(C(F)(F)F)c2N[C@@H]2CCCC[C@@H]2NC(=O)c2cncc3cc(Cl)ccc23)C[C@H](C)O1. The fourth-order valence-corrected chi connectivity index (χ4v) is 6.54. The maximum absolute atomic E-state index is 14.4. The highest BCUT2D eigenvalue weighted by atomic mass is 79.9. The van der Waals surface area contributed by atoms with E-state index in [9.17, 15) is 22.8 Å². The first-order chi connectivity index (χ1) is 19.9. The zero-order chi connectivity index (χ0) is 30.2. The molecule has 4 atom stereocenters. The van der Waals surface area contributed by atoms with Crippen LogP contribution in [0.3, 0.4) is 0 Å². The molecular formula is C30H31BrClF3N4O3. The Morgan fingerprint density at radius 1 is 1.02 bits per heavy atom. The number of hydrogen-bond donors (Lipinski definition) is 2. The Morgan fingerprint density at radius 3 is 2.40 bits per heavy atom. The first-order valence-electron chi connectivity index (χ1n) is 13.9. The summed E-state index contributed by atoms with van der Waals surface area (Å²) in [6.07, 6.45) is 0.496. The van der Waals surface area contributed by atoms with Crippen LogP contribution in [0.25, 0.3) is 10.8 Å². The van der Waals surface area contributed by atoms with Crippen molar-refractivity contribution in [2.45, 2.75) is 70.0 Å². The predicted molar refractivity (Wildman–Crippen MR) is 159 cm³/mol. The molecular weight excluding hydrogens is 637 g/mol. The molecule has 2 fully saturated rings. The van der Waals surface area contributed by atoms with Gasteiger partial charge in [0.1, 0.15) is 0 Å². The van der Waals surface area contributed by atoms with Crippen LogP contribution < -0.4 is 10.6 Å². The zero-order valence-electron chi connectivity index (χ0n) is 23.1. The lowest BCUT2D eigenvalue weighted by molar-refractivity contribution is -0.137. The molecule has 0 unspecified atom stereocenters. The highest BCUT2D eigenvalue weighted by molar-refractivity contribution is 9.10. The molecule has 2 N–H and O–H groups in total. The lowest BCUT2D eigenvalue weighted by Gasteiger charge is -2.37. The van der Waals surface area contributed by atoms with Crippen LogP contribution >= 0.6 is 27.5 Å². The number of carbonyl (C=O) groups excluding carboxylic acids is 2. The van der Waals surface area contributed by atoms with E-state index in [-0.39, 0.29) is 46.9 Å². The normalized spacial score (nSPS) is 23.1. The molecule has 2 aliphatic rings. The molecule has 12 heteroatoms. The molecule has 3 aromatic rings. The minimum atomic E-state index is -4.73. The second-order valence-electron chi connectivity index (χ2n) is 11.0. The van der Waals surface area contributed by atoms with Gasteiger partial charge in [-0.1, -0.05) is 46.4 Å². The van der Waals surface area contributed by atoms with Gasteiger partial charge in [0.15, 0.2) is 0 Å². The van der Waals surface area contributed by atoms with Crippen molar-refractivity contribution in [3.05, 3.63) is 68.9 Å². The van der Waals surface area contributed by atoms with E-state index in [2.05, 4.69) is 31.5 Å². The van der Waals surface area contributed by atoms with Crippen molar-refractivity contribution >= 4 is 55.8 Å². The highest BCUT2D eigenvalue weighted by Gasteiger charge is 2.39. The minimum absolute atomic E-state index is 0.0798. The third kappa shape index (κ3) is 6.68. The van der Waals surface area contributed by atoms with Crippen LogP contribution in [0, 0.1) is 0 Å². The van der Waals surface area contributed by atoms with E-state index < -0.39 is 29.7 Å². The average Bonchev–Trinajstić information content (AvgIpc) is 2.92. The lowest BCUT2D eigenvalue weighted by atomic mass is 9.89. The number of pyridine rings is 1. The van der Waals surface area contributed by atoms with E-state index >= 15 is 0 Å². The number of benzene rings is 2. The summed E-state index contributed by atoms with van der Waals surface area (Å²) >= 11 is 9.28. The molecule has 5 rings (SSSR count). The average molecular weight is 668 g/mol. The molecule has 2 amide bonds. The summed E-state index contributed by atoms with van der Waals surface area (Å²) in [6, 6.07) is 6.52. The summed E-state index contributed by atoms with van der Waals surface area (Å²) in [6.45, 7) is 4.19. The number of halogens is 5. The Morgan fingerprint density at radius 2 is 1.71 bits per heavy atom. The van der Waals surface area contributed by atoms with Crippen LogP contribution in [0.2, 0.25) is 5.02 Å². The topological polar surface area (TPSA) is 83.6 Å². The Labute approximate surface area is 255 Å². The standard InChI is InChI=1S/C30H31BrClF3N4O3/c1-16-14-39(15-17(2)42-16)29(41)22-10-19(31)11-24(30(33,34)35)27(22)37-25-5-3-4-6-26(25)38-28(40)23-13-36-12-18-9-20(32)7-8-21(18)23/h7-13,16-17,25-26,37H,3-6,14-15H2,1-2H3,(H,38,40)/t16-,17+,25-,26+/m1/s1. The first kappa shape index (κ1) is 30.6. The van der Waals surface area contributed by atoms with Crippen molar-refractivity contribution in [2.75, 3.05) is 18.4 Å². The Kier molecular flexibility index (Phi) is 9.01. The van der Waals surface area contributed by atoms with Gasteiger partial charge in [0.05, 0.1) is 34.6 Å². The van der Waals surface area contributed by atoms with Gasteiger partial charge < -0.3 is 20.3 Å². The molecule has 1 aromatic heterocycles. The third-order valence-electron chi connectivity index (χ3n) is 7.72. The van der Waals surface area contributed by atoms with Gasteiger partial charge in [-0.05, 0) is 56.3 Å². The molecule has 1 aliphatic carbocycles. The van der Waals surface area contributed by atoms with Gasteiger partial charge in [-0.2, -0.15) is 13.2 Å². The van der Waals surface area contributed by atoms with Gasteiger partial charge in [-0.25, -0.2) is 0 Å². The van der Waals surface area contributed by atoms with Crippen molar-refractivity contribution < 1.29 is 27.5 Å². The number of alkyl halides is 3. The molecule has 0 bridgehead atoms. The minimum Gasteiger partial charge on any atom is -0.379 e. The summed E-state index contributed by atoms with van der Waals surface area (Å²) in [5.41, 5.74) is -0.959. The van der Waals surface area contributed by atoms with Gasteiger partial charge in [0, 0.05) is 52.4 Å². The van der Waals surface area contributed by atoms with Gasteiger partial charge in [0.2, 0.25) is 0 Å². The fourth-order valence-electron chi connectivity index (χ4n) is 5.90. The van der Waals surface area contributed by atoms with E-state index in [1.165, 1.54) is 17.2 Å². The molecule has 1 saturated carbocycles. The second kappa shape index (κ2) is 12.4. The number of amides is 2. The van der Waals surface area contributed by atoms with E-state index in [4.69, 9.17) is 16.3 Å². The van der Waals surface area contributed by atoms with Gasteiger partial charge >= 0.3 is 6.18 Å². The lowest BCUT2D eigenvalue weighted by Crippen LogP contribution is -2.50. The van der Waals surface area contributed by atoms with Crippen LogP contribution in [0.1, 0.15) is 65.8 Å². The van der Waals surface area contributed by atoms with Crippen molar-refractivity contribution in [3.63, 3.8) is 0 Å². The zero-order valence-corrected chi connectivity index (χ0v) is 25.4. The van der Waals surface area contributed by atoms with E-state index in [1.807, 2.05) is 13.8 Å². The summed E-state index contributed by atoms with van der Waals surface area (Å²) < 4.78 is 49.1. The largest absolute Gasteiger partial charge is 0.418 e. The van der Waals surface area contributed by atoms with Gasteiger partial charge in [-0.3, -0.25) is 14.6 Å². The maximum Gasteiger partial charge on any atom is 0.418 e. The van der Waals surface area contributed by atoms with Crippen molar-refractivity contribution in [3.8, 4) is 0 Å². The Balaban J connectivity index is 1.47. The Bertz CT molecular complexity index is 1490. The number of hydrogen-bond acceptors (Lipinski definition) is 5. The summed E-state index contributed by atoms with van der Waals surface area (Å²) in [5, 5.41) is 7.99. The Hall–Kier alpha value is -2.89. The van der Waals surface area contributed by atoms with E-state index in [0.717, 1.165) is 18.9 Å². The molecule has 2 heterocycles. The van der Waals surface area contributed by atoms with Crippen molar-refractivity contribution in [2.24, 2.45) is 0 Å². The predicted octanol–water partition coefficient (Wildman–Crippen LogP) is 7.07. The second-order valence-corrected chi connectivity index (χ2v) is 12.4. The van der Waals surface area contributed by atoms with Gasteiger partial charge in [0.25, 0.3) is 11.8 Å². The van der Waals surface area contributed by atoms with Crippen LogP contribution in [-0.4, -0.2) is 59.1 Å². The number of ether oxygens (including phenoxy) is 1. The number of aromatic nitrogens is 1. The van der Waals surface area contributed by atoms with Gasteiger partial charge in [-0.15, -0.1) is 0 Å². The van der Waals surface area contributed by atoms with Crippen LogP contribution in [0.5, 0.6) is 0 Å². The summed E-state index contributed by atoms with van der Waals surface area (Å²) in [5.74, 6) is -0.892. The van der Waals surface area contributed by atoms with Crippen molar-refractivity contribution in [1.29, 1.82) is 0 Å². The number of nitrogens with zero attached hydrogens (tertiary/aromatic N) is 2. The highest BCUT2D eigenvalue weighted by Crippen LogP contribution is 2.41. The molecule has 224 valence electrons. The maximum atomic E-state index is 14.4. The first-order valence-corrected chi connectivity index (χ1v) is 15.0. The number of morpholine rings is 1. The van der Waals surface area contributed by atoms with E-state index in [0.29, 0.717) is 34.2 Å². The number of anilines is 1. The van der Waals surface area contributed by atoms with Crippen LogP contribution in [0.15, 0.2) is 47.2 Å². The molecule has 1 aliphatic heterocycles. The summed E-state index contributed by atoms with van der Waals surface area (Å²) in [4.78, 5) is 32.9. The molecule has 42 heavy (non-hydrogen) atoms. The van der Waals surface area contributed by atoms with Crippen LogP contribution in [-0.2, 0) is 10.9 Å². The summed E-state index contributed by atoms with van der Waals surface area (Å²) in [7, 11) is 0. The number of fused-ring (bicyclic) bond motifs is 1. The molecule has 0 spiro atoms. The molecule has 7 nitrogen and oxygen atoms in total. The van der Waals surface area contributed by atoms with E-state index in [1.54, 1.807) is 24.4 Å².